The number of nitrogens with zero attached hydrogens (tertiary/aromatic N) is 2. The molecule has 0 unspecified atom stereocenters. The van der Waals surface area contributed by atoms with E-state index in [2.05, 4.69) is 0 Å². The number of carbonyl (C=O) groups is 2. The van der Waals surface area contributed by atoms with E-state index in [-0.39, 0.29) is 43.6 Å². The number of piperazine rings is 1. The Balaban J connectivity index is 2.07. The van der Waals surface area contributed by atoms with Crippen LogP contribution >= 0.6 is 0 Å². The molecule has 3 atom stereocenters. The van der Waals surface area contributed by atoms with Gasteiger partial charge in [-0.15, -0.1) is 0 Å². The Morgan fingerprint density at radius 2 is 1.93 bits per heavy atom. The summed E-state index contributed by atoms with van der Waals surface area (Å²) in [6, 6.07) is 5.45. The molecule has 1 aromatic carbocycles. The molecule has 29 heavy (non-hydrogen) atoms. The number of benzene rings is 1. The SMILES string of the molecule is CC(C)[C@H](C[C@H](O)[C@@H](N)CN1CC(=O)N(c2ccccc2F)CC1(C)C)C(=O)O. The van der Waals surface area contributed by atoms with Gasteiger partial charge in [0.25, 0.3) is 0 Å². The number of rotatable bonds is 8. The average Bonchev–Trinajstić information content (AvgIpc) is 2.62. The molecule has 1 aliphatic heterocycles. The van der Waals surface area contributed by atoms with E-state index >= 15 is 0 Å². The van der Waals surface area contributed by atoms with Gasteiger partial charge in [0, 0.05) is 24.7 Å². The number of carboxylic acid groups (broad SMARTS) is 1. The lowest BCUT2D eigenvalue weighted by molar-refractivity contribution is -0.144. The van der Waals surface area contributed by atoms with E-state index in [4.69, 9.17) is 5.73 Å². The first kappa shape index (κ1) is 23.3. The molecule has 0 bridgehead atoms. The average molecular weight is 410 g/mol. The van der Waals surface area contributed by atoms with Crippen LogP contribution < -0.4 is 10.6 Å². The highest BCUT2D eigenvalue weighted by atomic mass is 19.1. The highest BCUT2D eigenvalue weighted by molar-refractivity contribution is 5.96. The van der Waals surface area contributed by atoms with E-state index in [9.17, 15) is 24.2 Å². The van der Waals surface area contributed by atoms with Gasteiger partial charge in [0.05, 0.1) is 24.3 Å². The van der Waals surface area contributed by atoms with Gasteiger partial charge < -0.3 is 20.8 Å². The van der Waals surface area contributed by atoms with Crippen molar-refractivity contribution < 1.29 is 24.2 Å². The number of aliphatic hydroxyl groups is 1. The molecule has 0 aromatic heterocycles. The lowest BCUT2D eigenvalue weighted by Gasteiger charge is -2.47. The van der Waals surface area contributed by atoms with Crippen molar-refractivity contribution in [1.82, 2.24) is 4.90 Å². The maximum atomic E-state index is 14.2. The Kier molecular flexibility index (Phi) is 7.37. The molecule has 7 nitrogen and oxygen atoms in total. The van der Waals surface area contributed by atoms with Crippen LogP contribution in [0.3, 0.4) is 0 Å². The summed E-state index contributed by atoms with van der Waals surface area (Å²) in [7, 11) is 0. The first-order valence-corrected chi connectivity index (χ1v) is 9.90. The summed E-state index contributed by atoms with van der Waals surface area (Å²) in [5.41, 5.74) is 5.91. The molecule has 0 saturated carbocycles. The van der Waals surface area contributed by atoms with Crippen LogP contribution in [0.1, 0.15) is 34.1 Å². The van der Waals surface area contributed by atoms with Gasteiger partial charge in [0.2, 0.25) is 5.91 Å². The van der Waals surface area contributed by atoms with Crippen LogP contribution in [0.25, 0.3) is 0 Å². The normalized spacial score (nSPS) is 20.6. The van der Waals surface area contributed by atoms with Gasteiger partial charge >= 0.3 is 5.97 Å². The van der Waals surface area contributed by atoms with Gasteiger partial charge in [-0.05, 0) is 38.3 Å². The number of anilines is 1. The highest BCUT2D eigenvalue weighted by Gasteiger charge is 2.40. The molecule has 1 heterocycles. The van der Waals surface area contributed by atoms with Crippen molar-refractivity contribution in [1.29, 1.82) is 0 Å². The number of hydrogen-bond acceptors (Lipinski definition) is 5. The van der Waals surface area contributed by atoms with E-state index < -0.39 is 35.4 Å². The van der Waals surface area contributed by atoms with E-state index in [0.717, 1.165) is 0 Å². The van der Waals surface area contributed by atoms with Crippen LogP contribution in [-0.4, -0.2) is 64.3 Å². The summed E-state index contributed by atoms with van der Waals surface area (Å²) in [6.45, 7) is 7.99. The Labute approximate surface area is 171 Å². The molecule has 1 fully saturated rings. The molecule has 0 radical (unpaired) electrons. The quantitative estimate of drug-likeness (QED) is 0.603. The molecule has 0 aliphatic carbocycles. The lowest BCUT2D eigenvalue weighted by atomic mass is 9.87. The molecule has 4 N–H and O–H groups in total. The summed E-state index contributed by atoms with van der Waals surface area (Å²) in [6.07, 6.45) is -0.952. The molecule has 1 aliphatic rings. The van der Waals surface area contributed by atoms with Gasteiger partial charge in [-0.1, -0.05) is 26.0 Å². The minimum atomic E-state index is -1.01. The maximum absolute atomic E-state index is 14.2. The van der Waals surface area contributed by atoms with Crippen molar-refractivity contribution in [3.05, 3.63) is 30.1 Å². The third-order valence-corrected chi connectivity index (χ3v) is 5.71. The van der Waals surface area contributed by atoms with E-state index in [0.29, 0.717) is 0 Å². The van der Waals surface area contributed by atoms with Crippen molar-refractivity contribution in [3.63, 3.8) is 0 Å². The molecule has 8 heteroatoms. The van der Waals surface area contributed by atoms with Crippen LogP contribution in [0.5, 0.6) is 0 Å². The van der Waals surface area contributed by atoms with Crippen LogP contribution in [0.15, 0.2) is 24.3 Å². The first-order chi connectivity index (χ1) is 13.4. The van der Waals surface area contributed by atoms with Gasteiger partial charge in [0.1, 0.15) is 5.82 Å². The molecule has 2 rings (SSSR count). The minimum absolute atomic E-state index is 0.0360. The predicted octanol–water partition coefficient (Wildman–Crippen LogP) is 1.69. The van der Waals surface area contributed by atoms with Crippen LogP contribution in [-0.2, 0) is 9.59 Å². The summed E-state index contributed by atoms with van der Waals surface area (Å²) in [5.74, 6) is -2.48. The number of aliphatic carboxylic acids is 1. The second-order valence-electron chi connectivity index (χ2n) is 8.78. The topological polar surface area (TPSA) is 107 Å². The summed E-state index contributed by atoms with van der Waals surface area (Å²) >= 11 is 0. The van der Waals surface area contributed by atoms with Gasteiger partial charge in [-0.25, -0.2) is 4.39 Å². The molecule has 1 aromatic rings. The number of amides is 1. The fourth-order valence-corrected chi connectivity index (χ4v) is 3.71. The van der Waals surface area contributed by atoms with E-state index in [1.165, 1.54) is 11.0 Å². The number of para-hydroxylation sites is 1. The molecular weight excluding hydrogens is 377 g/mol. The standard InChI is InChI=1S/C21H32FN3O4/c1-13(2)14(20(28)29)9-18(26)16(23)10-24-11-19(27)25(12-21(24,3)4)17-8-6-5-7-15(17)22/h5-8,13-14,16,18,26H,9-12,23H2,1-4H3,(H,28,29)/t14-,16-,18-/m0/s1. The Bertz CT molecular complexity index is 740. The Morgan fingerprint density at radius 3 is 2.48 bits per heavy atom. The zero-order chi connectivity index (χ0) is 21.9. The largest absolute Gasteiger partial charge is 0.481 e. The molecular formula is C21H32FN3O4. The van der Waals surface area contributed by atoms with E-state index in [1.807, 2.05) is 18.7 Å². The van der Waals surface area contributed by atoms with E-state index in [1.54, 1.807) is 32.0 Å². The fraction of sp³-hybridized carbons (Fsp3) is 0.619. The van der Waals surface area contributed by atoms with Crippen molar-refractivity contribution in [2.45, 2.75) is 51.8 Å². The fourth-order valence-electron chi connectivity index (χ4n) is 3.71. The third-order valence-electron chi connectivity index (χ3n) is 5.71. The zero-order valence-corrected chi connectivity index (χ0v) is 17.5. The Morgan fingerprint density at radius 1 is 1.31 bits per heavy atom. The third kappa shape index (κ3) is 5.52. The predicted molar refractivity (Wildman–Crippen MR) is 109 cm³/mol. The van der Waals surface area contributed by atoms with Gasteiger partial charge in [-0.2, -0.15) is 0 Å². The lowest BCUT2D eigenvalue weighted by Crippen LogP contribution is -2.64. The highest BCUT2D eigenvalue weighted by Crippen LogP contribution is 2.28. The second-order valence-corrected chi connectivity index (χ2v) is 8.78. The number of nitrogens with two attached hydrogens (primary N) is 1. The van der Waals surface area contributed by atoms with Crippen LogP contribution in [0.4, 0.5) is 10.1 Å². The minimum Gasteiger partial charge on any atom is -0.481 e. The number of hydrogen-bond donors (Lipinski definition) is 3. The molecule has 1 saturated heterocycles. The summed E-state index contributed by atoms with van der Waals surface area (Å²) in [4.78, 5) is 27.4. The number of aliphatic hydroxyl groups excluding tert-OH is 1. The number of halogens is 1. The smallest absolute Gasteiger partial charge is 0.306 e. The summed E-state index contributed by atoms with van der Waals surface area (Å²) < 4.78 is 14.2. The van der Waals surface area contributed by atoms with Crippen molar-refractivity contribution in [2.24, 2.45) is 17.6 Å². The van der Waals surface area contributed by atoms with Crippen LogP contribution in [0, 0.1) is 17.7 Å². The van der Waals surface area contributed by atoms with Crippen molar-refractivity contribution >= 4 is 17.6 Å². The monoisotopic (exact) mass is 409 g/mol. The Hall–Kier alpha value is -2.03. The van der Waals surface area contributed by atoms with Gasteiger partial charge in [0.15, 0.2) is 0 Å². The van der Waals surface area contributed by atoms with Crippen molar-refractivity contribution in [3.8, 4) is 0 Å². The number of carbonyl (C=O) groups excluding carboxylic acids is 1. The molecule has 1 amide bonds. The zero-order valence-electron chi connectivity index (χ0n) is 17.5. The van der Waals surface area contributed by atoms with Gasteiger partial charge in [-0.3, -0.25) is 14.5 Å². The number of carboxylic acids is 1. The molecule has 162 valence electrons. The molecule has 0 spiro atoms. The maximum Gasteiger partial charge on any atom is 0.306 e. The second kappa shape index (κ2) is 9.19. The van der Waals surface area contributed by atoms with Crippen LogP contribution in [0.2, 0.25) is 0 Å². The van der Waals surface area contributed by atoms with Crippen molar-refractivity contribution in [2.75, 3.05) is 24.5 Å². The first-order valence-electron chi connectivity index (χ1n) is 9.90. The summed E-state index contributed by atoms with van der Waals surface area (Å²) in [5, 5.41) is 19.8.